The Kier molecular flexibility index (Phi) is 4.77. The summed E-state index contributed by atoms with van der Waals surface area (Å²) in [5.74, 6) is 0. The van der Waals surface area contributed by atoms with E-state index in [-0.39, 0.29) is 0 Å². The van der Waals surface area contributed by atoms with Gasteiger partial charge in [-0.2, -0.15) is 0 Å². The molecule has 0 amide bonds. The monoisotopic (exact) mass is 343 g/mol. The minimum absolute atomic E-state index is 0.452. The van der Waals surface area contributed by atoms with Crippen LogP contribution in [0.2, 0.25) is 0 Å². The molecular formula is C19H22BrN. The van der Waals surface area contributed by atoms with Crippen molar-refractivity contribution in [3.05, 3.63) is 69.7 Å². The van der Waals surface area contributed by atoms with Crippen molar-refractivity contribution >= 4 is 15.9 Å². The standard InChI is InChI=1S/C19H22BrN/c1-2-19(15-7-10-17(20)11-8-15)21-18-12-9-14-5-3-4-6-16(14)13-18/h3-8,10-11,18-19,21H,2,9,12-13H2,1H3. The number of fused-ring (bicyclic) bond motifs is 1. The topological polar surface area (TPSA) is 12.0 Å². The summed E-state index contributed by atoms with van der Waals surface area (Å²) >= 11 is 3.51. The van der Waals surface area contributed by atoms with Crippen molar-refractivity contribution in [1.29, 1.82) is 0 Å². The number of hydrogen-bond acceptors (Lipinski definition) is 1. The van der Waals surface area contributed by atoms with Crippen LogP contribution in [0.1, 0.15) is 42.5 Å². The van der Waals surface area contributed by atoms with E-state index in [9.17, 15) is 0 Å². The lowest BCUT2D eigenvalue weighted by molar-refractivity contribution is 0.392. The predicted molar refractivity (Wildman–Crippen MR) is 92.6 cm³/mol. The van der Waals surface area contributed by atoms with Gasteiger partial charge in [0, 0.05) is 16.6 Å². The highest BCUT2D eigenvalue weighted by atomic mass is 79.9. The maximum Gasteiger partial charge on any atom is 0.0320 e. The van der Waals surface area contributed by atoms with E-state index in [4.69, 9.17) is 0 Å². The van der Waals surface area contributed by atoms with Gasteiger partial charge in [-0.25, -0.2) is 0 Å². The average molecular weight is 344 g/mol. The second-order valence-electron chi connectivity index (χ2n) is 5.89. The van der Waals surface area contributed by atoms with Gasteiger partial charge in [-0.1, -0.05) is 59.3 Å². The number of rotatable bonds is 4. The van der Waals surface area contributed by atoms with Gasteiger partial charge in [0.15, 0.2) is 0 Å². The minimum Gasteiger partial charge on any atom is -0.307 e. The van der Waals surface area contributed by atoms with E-state index in [1.54, 1.807) is 0 Å². The molecule has 1 aliphatic rings. The van der Waals surface area contributed by atoms with Gasteiger partial charge >= 0.3 is 0 Å². The molecule has 1 nitrogen and oxygen atoms in total. The summed E-state index contributed by atoms with van der Waals surface area (Å²) in [7, 11) is 0. The van der Waals surface area contributed by atoms with Crippen LogP contribution in [-0.4, -0.2) is 6.04 Å². The van der Waals surface area contributed by atoms with Gasteiger partial charge in [0.25, 0.3) is 0 Å². The zero-order chi connectivity index (χ0) is 14.7. The fourth-order valence-corrected chi connectivity index (χ4v) is 3.53. The summed E-state index contributed by atoms with van der Waals surface area (Å²) in [5, 5.41) is 3.87. The SMILES string of the molecule is CCC(NC1CCc2ccccc2C1)c1ccc(Br)cc1. The van der Waals surface area contributed by atoms with Crippen molar-refractivity contribution in [2.75, 3.05) is 0 Å². The van der Waals surface area contributed by atoms with Gasteiger partial charge in [0.2, 0.25) is 0 Å². The third-order valence-electron chi connectivity index (χ3n) is 4.46. The smallest absolute Gasteiger partial charge is 0.0320 e. The Morgan fingerprint density at radius 1 is 1.10 bits per heavy atom. The van der Waals surface area contributed by atoms with Crippen LogP contribution in [0.15, 0.2) is 53.0 Å². The first-order valence-corrected chi connectivity index (χ1v) is 8.64. The lowest BCUT2D eigenvalue weighted by atomic mass is 9.87. The van der Waals surface area contributed by atoms with Gasteiger partial charge in [0.05, 0.1) is 0 Å². The molecule has 0 heterocycles. The molecule has 0 aromatic heterocycles. The van der Waals surface area contributed by atoms with Crippen LogP contribution in [0.5, 0.6) is 0 Å². The number of halogens is 1. The van der Waals surface area contributed by atoms with Gasteiger partial charge in [0.1, 0.15) is 0 Å². The number of nitrogens with one attached hydrogen (secondary N) is 1. The van der Waals surface area contributed by atoms with Gasteiger partial charge in [-0.05, 0) is 54.5 Å². The summed E-state index contributed by atoms with van der Waals surface area (Å²) in [6, 6.07) is 18.6. The second-order valence-corrected chi connectivity index (χ2v) is 6.80. The molecule has 0 spiro atoms. The molecule has 2 unspecified atom stereocenters. The van der Waals surface area contributed by atoms with E-state index in [1.807, 2.05) is 0 Å². The van der Waals surface area contributed by atoms with Crippen LogP contribution in [0.25, 0.3) is 0 Å². The Morgan fingerprint density at radius 3 is 2.52 bits per heavy atom. The molecule has 2 atom stereocenters. The third kappa shape index (κ3) is 3.56. The quantitative estimate of drug-likeness (QED) is 0.819. The molecule has 0 radical (unpaired) electrons. The van der Waals surface area contributed by atoms with Crippen LogP contribution in [0.3, 0.4) is 0 Å². The molecule has 0 aliphatic heterocycles. The molecular weight excluding hydrogens is 322 g/mol. The highest BCUT2D eigenvalue weighted by Gasteiger charge is 2.21. The van der Waals surface area contributed by atoms with Crippen LogP contribution in [0.4, 0.5) is 0 Å². The van der Waals surface area contributed by atoms with E-state index in [0.29, 0.717) is 12.1 Å². The lowest BCUT2D eigenvalue weighted by Crippen LogP contribution is -2.37. The van der Waals surface area contributed by atoms with Gasteiger partial charge in [-0.3, -0.25) is 0 Å². The summed E-state index contributed by atoms with van der Waals surface area (Å²) in [4.78, 5) is 0. The fraction of sp³-hybridized carbons (Fsp3) is 0.368. The fourth-order valence-electron chi connectivity index (χ4n) is 3.27. The molecule has 0 bridgehead atoms. The minimum atomic E-state index is 0.452. The summed E-state index contributed by atoms with van der Waals surface area (Å²) < 4.78 is 1.15. The molecule has 110 valence electrons. The first-order chi connectivity index (χ1) is 10.3. The Balaban J connectivity index is 1.69. The van der Waals surface area contributed by atoms with Crippen LogP contribution < -0.4 is 5.32 Å². The molecule has 1 aliphatic carbocycles. The van der Waals surface area contributed by atoms with Crippen molar-refractivity contribution in [3.63, 3.8) is 0 Å². The van der Waals surface area contributed by atoms with Crippen LogP contribution in [0, 0.1) is 0 Å². The van der Waals surface area contributed by atoms with E-state index in [1.165, 1.54) is 29.5 Å². The maximum atomic E-state index is 3.87. The molecule has 21 heavy (non-hydrogen) atoms. The maximum absolute atomic E-state index is 3.87. The first kappa shape index (κ1) is 14.8. The Labute approximate surface area is 135 Å². The van der Waals surface area contributed by atoms with E-state index in [0.717, 1.165) is 17.3 Å². The summed E-state index contributed by atoms with van der Waals surface area (Å²) in [6.45, 7) is 2.26. The van der Waals surface area contributed by atoms with Crippen molar-refractivity contribution in [2.24, 2.45) is 0 Å². The predicted octanol–water partition coefficient (Wildman–Crippen LogP) is 5.05. The van der Waals surface area contributed by atoms with Gasteiger partial charge < -0.3 is 5.32 Å². The van der Waals surface area contributed by atoms with Crippen LogP contribution >= 0.6 is 15.9 Å². The highest BCUT2D eigenvalue weighted by Crippen LogP contribution is 2.25. The Morgan fingerprint density at radius 2 is 1.81 bits per heavy atom. The number of benzene rings is 2. The summed E-state index contributed by atoms with van der Waals surface area (Å²) in [5.41, 5.74) is 4.44. The molecule has 3 rings (SSSR count). The zero-order valence-electron chi connectivity index (χ0n) is 12.5. The largest absolute Gasteiger partial charge is 0.307 e. The molecule has 0 fully saturated rings. The Hall–Kier alpha value is -1.12. The normalized spacial score (nSPS) is 19.0. The van der Waals surface area contributed by atoms with E-state index < -0.39 is 0 Å². The number of hydrogen-bond donors (Lipinski definition) is 1. The number of aryl methyl sites for hydroxylation is 1. The summed E-state index contributed by atoms with van der Waals surface area (Å²) in [6.07, 6.45) is 4.72. The molecule has 2 heteroatoms. The van der Waals surface area contributed by atoms with Gasteiger partial charge in [-0.15, -0.1) is 0 Å². The van der Waals surface area contributed by atoms with E-state index >= 15 is 0 Å². The van der Waals surface area contributed by atoms with E-state index in [2.05, 4.69) is 76.7 Å². The second kappa shape index (κ2) is 6.76. The molecule has 0 saturated carbocycles. The average Bonchev–Trinajstić information content (AvgIpc) is 2.53. The van der Waals surface area contributed by atoms with Crippen molar-refractivity contribution in [3.8, 4) is 0 Å². The molecule has 2 aromatic carbocycles. The van der Waals surface area contributed by atoms with Crippen LogP contribution in [-0.2, 0) is 12.8 Å². The molecule has 2 aromatic rings. The molecule has 0 saturated heterocycles. The van der Waals surface area contributed by atoms with Crippen molar-refractivity contribution < 1.29 is 0 Å². The van der Waals surface area contributed by atoms with Crippen molar-refractivity contribution in [1.82, 2.24) is 5.32 Å². The van der Waals surface area contributed by atoms with Crippen molar-refractivity contribution in [2.45, 2.75) is 44.7 Å². The molecule has 1 N–H and O–H groups in total. The zero-order valence-corrected chi connectivity index (χ0v) is 14.1. The lowest BCUT2D eigenvalue weighted by Gasteiger charge is -2.30. The third-order valence-corrected chi connectivity index (χ3v) is 4.99. The highest BCUT2D eigenvalue weighted by molar-refractivity contribution is 9.10. The first-order valence-electron chi connectivity index (χ1n) is 7.84. The Bertz CT molecular complexity index is 591.